The van der Waals surface area contributed by atoms with Crippen molar-refractivity contribution in [2.24, 2.45) is 0 Å². The van der Waals surface area contributed by atoms with Gasteiger partial charge in [-0.25, -0.2) is 22.7 Å². The van der Waals surface area contributed by atoms with Gasteiger partial charge in [-0.1, -0.05) is 24.3 Å². The van der Waals surface area contributed by atoms with Crippen LogP contribution in [0.2, 0.25) is 0 Å². The standard InChI is InChI=1S/C21H17N5O4S/c1-31(29,30)25-19(27)15-9-14(11-23-12-15)13-7-8-18-17(10-13)20(28)26(21(22)24-18)16-5-3-2-4-6-16/h2-12H,1H3,(H2,22,24)(H,25,27). The highest BCUT2D eigenvalue weighted by Crippen LogP contribution is 2.23. The zero-order chi connectivity index (χ0) is 22.2. The van der Waals surface area contributed by atoms with Crippen LogP contribution in [-0.4, -0.2) is 35.1 Å². The van der Waals surface area contributed by atoms with Crippen molar-refractivity contribution < 1.29 is 13.2 Å². The first-order valence-corrected chi connectivity index (χ1v) is 11.0. The van der Waals surface area contributed by atoms with Gasteiger partial charge in [0.05, 0.1) is 28.4 Å². The molecule has 0 radical (unpaired) electrons. The highest BCUT2D eigenvalue weighted by atomic mass is 32.2. The van der Waals surface area contributed by atoms with E-state index in [0.29, 0.717) is 27.7 Å². The number of anilines is 1. The smallest absolute Gasteiger partial charge is 0.267 e. The van der Waals surface area contributed by atoms with Gasteiger partial charge >= 0.3 is 0 Å². The third kappa shape index (κ3) is 4.14. The fourth-order valence-electron chi connectivity index (χ4n) is 3.16. The van der Waals surface area contributed by atoms with Crippen molar-refractivity contribution in [1.29, 1.82) is 0 Å². The number of aromatic nitrogens is 3. The SMILES string of the molecule is CS(=O)(=O)NC(=O)c1cncc(-c2ccc3nc(N)n(-c4ccccc4)c(=O)c3c2)c1. The van der Waals surface area contributed by atoms with E-state index in [1.54, 1.807) is 42.5 Å². The summed E-state index contributed by atoms with van der Waals surface area (Å²) in [6.07, 6.45) is 3.66. The predicted octanol–water partition coefficient (Wildman–Crippen LogP) is 1.72. The van der Waals surface area contributed by atoms with Crippen LogP contribution in [-0.2, 0) is 10.0 Å². The number of nitrogens with one attached hydrogen (secondary N) is 1. The zero-order valence-electron chi connectivity index (χ0n) is 16.3. The molecule has 2 aromatic heterocycles. The quantitative estimate of drug-likeness (QED) is 0.498. The minimum atomic E-state index is -3.71. The van der Waals surface area contributed by atoms with E-state index < -0.39 is 15.9 Å². The van der Waals surface area contributed by atoms with Gasteiger partial charge in [0.15, 0.2) is 0 Å². The van der Waals surface area contributed by atoms with Crippen molar-refractivity contribution in [2.75, 3.05) is 12.0 Å². The maximum atomic E-state index is 13.2. The summed E-state index contributed by atoms with van der Waals surface area (Å²) in [6, 6.07) is 15.4. The second-order valence-electron chi connectivity index (χ2n) is 6.84. The molecule has 0 aliphatic carbocycles. The molecule has 9 nitrogen and oxygen atoms in total. The van der Waals surface area contributed by atoms with E-state index in [1.807, 2.05) is 10.8 Å². The number of para-hydroxylation sites is 1. The number of fused-ring (bicyclic) bond motifs is 1. The molecule has 0 saturated carbocycles. The Hall–Kier alpha value is -4.05. The first-order chi connectivity index (χ1) is 14.7. The topological polar surface area (TPSA) is 137 Å². The van der Waals surface area contributed by atoms with Gasteiger partial charge in [0.2, 0.25) is 16.0 Å². The largest absolute Gasteiger partial charge is 0.369 e. The second kappa shape index (κ2) is 7.65. The van der Waals surface area contributed by atoms with Gasteiger partial charge in [-0.15, -0.1) is 0 Å². The number of hydrogen-bond donors (Lipinski definition) is 2. The second-order valence-corrected chi connectivity index (χ2v) is 8.59. The van der Waals surface area contributed by atoms with Gasteiger partial charge in [0, 0.05) is 18.0 Å². The van der Waals surface area contributed by atoms with Crippen LogP contribution < -0.4 is 16.0 Å². The van der Waals surface area contributed by atoms with E-state index >= 15 is 0 Å². The van der Waals surface area contributed by atoms with Crippen LogP contribution in [0.4, 0.5) is 5.95 Å². The lowest BCUT2D eigenvalue weighted by Gasteiger charge is -2.11. The number of nitrogens with two attached hydrogens (primary N) is 1. The Morgan fingerprint density at radius 1 is 1.03 bits per heavy atom. The number of nitrogens with zero attached hydrogens (tertiary/aromatic N) is 3. The van der Waals surface area contributed by atoms with Crippen molar-refractivity contribution in [1.82, 2.24) is 19.3 Å². The number of hydrogen-bond acceptors (Lipinski definition) is 7. The van der Waals surface area contributed by atoms with E-state index in [1.165, 1.54) is 23.0 Å². The molecule has 0 spiro atoms. The molecule has 156 valence electrons. The predicted molar refractivity (Wildman–Crippen MR) is 117 cm³/mol. The van der Waals surface area contributed by atoms with Crippen LogP contribution >= 0.6 is 0 Å². The minimum Gasteiger partial charge on any atom is -0.369 e. The molecular weight excluding hydrogens is 418 g/mol. The number of rotatable bonds is 4. The fraction of sp³-hybridized carbons (Fsp3) is 0.0476. The van der Waals surface area contributed by atoms with E-state index in [-0.39, 0.29) is 17.1 Å². The van der Waals surface area contributed by atoms with Crippen molar-refractivity contribution >= 4 is 32.8 Å². The summed E-state index contributed by atoms with van der Waals surface area (Å²) in [5.74, 6) is -0.726. The molecule has 10 heteroatoms. The van der Waals surface area contributed by atoms with Crippen molar-refractivity contribution in [3.63, 3.8) is 0 Å². The maximum Gasteiger partial charge on any atom is 0.267 e. The molecule has 2 aromatic carbocycles. The molecule has 4 aromatic rings. The Bertz CT molecular complexity index is 1480. The Morgan fingerprint density at radius 2 is 1.77 bits per heavy atom. The molecule has 31 heavy (non-hydrogen) atoms. The summed E-state index contributed by atoms with van der Waals surface area (Å²) in [5.41, 5.74) is 7.91. The number of nitrogen functional groups attached to an aromatic ring is 1. The molecule has 0 saturated heterocycles. The van der Waals surface area contributed by atoms with Crippen LogP contribution in [0.5, 0.6) is 0 Å². The third-order valence-corrected chi connectivity index (χ3v) is 5.08. The van der Waals surface area contributed by atoms with Gasteiger partial charge in [0.1, 0.15) is 0 Å². The number of carbonyl (C=O) groups excluding carboxylic acids is 1. The van der Waals surface area contributed by atoms with E-state index in [2.05, 4.69) is 9.97 Å². The molecule has 3 N–H and O–H groups in total. The fourth-order valence-corrected chi connectivity index (χ4v) is 3.61. The average molecular weight is 435 g/mol. The summed E-state index contributed by atoms with van der Waals surface area (Å²) in [5, 5.41) is 0.335. The summed E-state index contributed by atoms with van der Waals surface area (Å²) in [4.78, 5) is 33.7. The molecule has 0 aliphatic heterocycles. The zero-order valence-corrected chi connectivity index (χ0v) is 17.1. The van der Waals surface area contributed by atoms with Crippen LogP contribution in [0.25, 0.3) is 27.7 Å². The van der Waals surface area contributed by atoms with Crippen LogP contribution in [0.3, 0.4) is 0 Å². The van der Waals surface area contributed by atoms with E-state index in [4.69, 9.17) is 5.73 Å². The summed E-state index contributed by atoms with van der Waals surface area (Å²) >= 11 is 0. The van der Waals surface area contributed by atoms with Gasteiger partial charge < -0.3 is 5.73 Å². The third-order valence-electron chi connectivity index (χ3n) is 4.52. The normalized spacial score (nSPS) is 11.4. The molecule has 0 unspecified atom stereocenters. The highest BCUT2D eigenvalue weighted by molar-refractivity contribution is 7.89. The van der Waals surface area contributed by atoms with Crippen molar-refractivity contribution in [3.05, 3.63) is 82.9 Å². The molecule has 4 rings (SSSR count). The molecule has 1 amide bonds. The van der Waals surface area contributed by atoms with Gasteiger partial charge in [0.25, 0.3) is 11.5 Å². The van der Waals surface area contributed by atoms with Crippen LogP contribution in [0, 0.1) is 0 Å². The first-order valence-electron chi connectivity index (χ1n) is 9.08. The molecular formula is C21H17N5O4S. The molecule has 0 atom stereocenters. The molecule has 2 heterocycles. The molecule has 0 bridgehead atoms. The van der Waals surface area contributed by atoms with Crippen LogP contribution in [0.15, 0.2) is 71.8 Å². The van der Waals surface area contributed by atoms with Crippen LogP contribution in [0.1, 0.15) is 10.4 Å². The Kier molecular flexibility index (Phi) is 4.99. The minimum absolute atomic E-state index is 0.0672. The number of benzene rings is 2. The molecule has 0 fully saturated rings. The average Bonchev–Trinajstić information content (AvgIpc) is 2.73. The van der Waals surface area contributed by atoms with Crippen molar-refractivity contribution in [3.8, 4) is 16.8 Å². The molecule has 0 aliphatic rings. The lowest BCUT2D eigenvalue weighted by Crippen LogP contribution is -2.29. The monoisotopic (exact) mass is 435 g/mol. The highest BCUT2D eigenvalue weighted by Gasteiger charge is 2.14. The van der Waals surface area contributed by atoms with E-state index in [0.717, 1.165) is 6.26 Å². The lowest BCUT2D eigenvalue weighted by atomic mass is 10.0. The summed E-state index contributed by atoms with van der Waals surface area (Å²) in [6.45, 7) is 0. The summed E-state index contributed by atoms with van der Waals surface area (Å²) < 4.78 is 25.9. The van der Waals surface area contributed by atoms with E-state index in [9.17, 15) is 18.0 Å². The number of pyridine rings is 1. The Labute approximate surface area is 177 Å². The number of carbonyl (C=O) groups is 1. The number of amides is 1. The van der Waals surface area contributed by atoms with Gasteiger partial charge in [-0.05, 0) is 35.9 Å². The summed E-state index contributed by atoms with van der Waals surface area (Å²) in [7, 11) is -3.71. The first kappa shape index (κ1) is 20.2. The van der Waals surface area contributed by atoms with Gasteiger partial charge in [-0.2, -0.15) is 0 Å². The number of sulfonamides is 1. The maximum absolute atomic E-state index is 13.2. The van der Waals surface area contributed by atoms with Gasteiger partial charge in [-0.3, -0.25) is 14.6 Å². The Balaban J connectivity index is 1.83. The lowest BCUT2D eigenvalue weighted by molar-refractivity contribution is 0.0981. The Morgan fingerprint density at radius 3 is 2.48 bits per heavy atom. The van der Waals surface area contributed by atoms with Crippen molar-refractivity contribution in [2.45, 2.75) is 0 Å².